The molecule has 6 rings (SSSR count). The largest absolute Gasteiger partial charge is 0.494 e. The van der Waals surface area contributed by atoms with Crippen molar-refractivity contribution in [1.29, 1.82) is 0 Å². The number of halogens is 3. The third-order valence-electron chi connectivity index (χ3n) is 7.99. The van der Waals surface area contributed by atoms with Crippen LogP contribution in [0.4, 0.5) is 8.78 Å². The van der Waals surface area contributed by atoms with Crippen molar-refractivity contribution in [1.82, 2.24) is 20.1 Å². The number of nitrogens with two attached hydrogens (primary N) is 1. The number of aliphatic hydroxyl groups is 1. The summed E-state index contributed by atoms with van der Waals surface area (Å²) in [6.45, 7) is 1.50. The number of benzene rings is 2. The van der Waals surface area contributed by atoms with Gasteiger partial charge in [-0.25, -0.2) is 13.8 Å². The van der Waals surface area contributed by atoms with Gasteiger partial charge >= 0.3 is 0 Å². The molecule has 2 aliphatic rings. The third-order valence-corrected chi connectivity index (χ3v) is 8.27. The topological polar surface area (TPSA) is 142 Å². The number of hydrogen-bond acceptors (Lipinski definition) is 7. The van der Waals surface area contributed by atoms with Gasteiger partial charge in [0.2, 0.25) is 0 Å². The summed E-state index contributed by atoms with van der Waals surface area (Å²) in [5.74, 6) is -3.78. The van der Waals surface area contributed by atoms with Gasteiger partial charge in [-0.1, -0.05) is 11.6 Å². The van der Waals surface area contributed by atoms with Crippen LogP contribution in [0, 0.1) is 17.6 Å². The number of carbonyl (C=O) groups excluding carboxylic acids is 2. The number of fused-ring (bicyclic) bond motifs is 1. The highest BCUT2D eigenvalue weighted by Gasteiger charge is 2.47. The highest BCUT2D eigenvalue weighted by atomic mass is 35.5. The van der Waals surface area contributed by atoms with Crippen LogP contribution in [-0.2, 0) is 5.60 Å². The Hall–Kier alpha value is -4.29. The fourth-order valence-electron chi connectivity index (χ4n) is 5.37. The number of ether oxygens (including phenoxy) is 2. The highest BCUT2D eigenvalue weighted by molar-refractivity contribution is 6.31. The maximum Gasteiger partial charge on any atom is 0.252 e. The zero-order valence-electron chi connectivity index (χ0n) is 24.0. The molecule has 2 heterocycles. The molecule has 2 aromatic carbocycles. The van der Waals surface area contributed by atoms with Crippen LogP contribution in [0.5, 0.6) is 11.5 Å². The standard InChI is InChI=1S/C31H30ClF2N5O5/c1-3-44-28-20(29(35)40)12-24(37-27(28)15-9-21(32)25(34)22(33)10-15)31(42,18-4-5-18)14-36-30(41)16-8-17-13-39(19-6-7-19)38-26(17)23(11-16)43-2/h8-13,18-19,42H,3-7,14H2,1-2H3,(H2,35,40)(H,36,41)/t31-/m1/s1. The van der Waals surface area contributed by atoms with Crippen LogP contribution in [0.1, 0.15) is 65.1 Å². The number of pyridine rings is 1. The Balaban J connectivity index is 1.37. The Morgan fingerprint density at radius 3 is 2.55 bits per heavy atom. The molecule has 2 aromatic heterocycles. The minimum Gasteiger partial charge on any atom is -0.494 e. The number of amides is 2. The maximum absolute atomic E-state index is 14.4. The van der Waals surface area contributed by atoms with E-state index in [4.69, 9.17) is 26.8 Å². The predicted octanol–water partition coefficient (Wildman–Crippen LogP) is 4.90. The van der Waals surface area contributed by atoms with E-state index in [-0.39, 0.29) is 47.3 Å². The molecule has 4 N–H and O–H groups in total. The van der Waals surface area contributed by atoms with Crippen LogP contribution in [-0.4, -0.2) is 51.9 Å². The Morgan fingerprint density at radius 1 is 1.18 bits per heavy atom. The van der Waals surface area contributed by atoms with Crippen LogP contribution in [0.25, 0.3) is 22.2 Å². The average molecular weight is 626 g/mol. The number of primary amides is 1. The van der Waals surface area contributed by atoms with Gasteiger partial charge in [-0.2, -0.15) is 5.10 Å². The zero-order chi connectivity index (χ0) is 31.3. The first-order valence-electron chi connectivity index (χ1n) is 14.2. The Morgan fingerprint density at radius 2 is 1.93 bits per heavy atom. The van der Waals surface area contributed by atoms with Gasteiger partial charge in [0.1, 0.15) is 22.6 Å². The Kier molecular flexibility index (Phi) is 7.66. The van der Waals surface area contributed by atoms with E-state index in [0.29, 0.717) is 35.7 Å². The van der Waals surface area contributed by atoms with Crippen LogP contribution < -0.4 is 20.5 Å². The number of nitrogens with zero attached hydrogens (tertiary/aromatic N) is 3. The molecule has 0 unspecified atom stereocenters. The van der Waals surface area contributed by atoms with E-state index in [0.717, 1.165) is 30.4 Å². The van der Waals surface area contributed by atoms with E-state index in [9.17, 15) is 23.5 Å². The first-order chi connectivity index (χ1) is 21.0. The molecule has 44 heavy (non-hydrogen) atoms. The fourth-order valence-corrected chi connectivity index (χ4v) is 5.58. The molecule has 2 amide bonds. The van der Waals surface area contributed by atoms with Crippen molar-refractivity contribution in [3.8, 4) is 22.8 Å². The Bertz CT molecular complexity index is 1780. The van der Waals surface area contributed by atoms with Crippen molar-refractivity contribution in [3.63, 3.8) is 0 Å². The normalized spacial score (nSPS) is 16.0. The summed E-state index contributed by atoms with van der Waals surface area (Å²) >= 11 is 5.93. The molecule has 230 valence electrons. The van der Waals surface area contributed by atoms with E-state index in [2.05, 4.69) is 15.4 Å². The van der Waals surface area contributed by atoms with Crippen LogP contribution in [0.2, 0.25) is 5.02 Å². The monoisotopic (exact) mass is 625 g/mol. The molecule has 1 atom stereocenters. The van der Waals surface area contributed by atoms with Gasteiger partial charge in [0.15, 0.2) is 17.4 Å². The van der Waals surface area contributed by atoms with Gasteiger partial charge in [-0.15, -0.1) is 0 Å². The minimum absolute atomic E-state index is 0.00662. The molecule has 0 saturated heterocycles. The highest BCUT2D eigenvalue weighted by Crippen LogP contribution is 2.47. The van der Waals surface area contributed by atoms with Crippen molar-refractivity contribution in [2.75, 3.05) is 20.3 Å². The third kappa shape index (κ3) is 5.43. The first-order valence-corrected chi connectivity index (χ1v) is 14.6. The van der Waals surface area contributed by atoms with Crippen molar-refractivity contribution in [2.45, 2.75) is 44.2 Å². The number of nitrogens with one attached hydrogen (secondary N) is 1. The molecule has 13 heteroatoms. The lowest BCUT2D eigenvalue weighted by atomic mass is 9.90. The molecular formula is C31H30ClF2N5O5. The quantitative estimate of drug-likeness (QED) is 0.201. The molecule has 2 fully saturated rings. The summed E-state index contributed by atoms with van der Waals surface area (Å²) in [6, 6.07) is 6.96. The first kappa shape index (κ1) is 29.8. The van der Waals surface area contributed by atoms with Gasteiger partial charge in [0.25, 0.3) is 11.8 Å². The maximum atomic E-state index is 14.4. The molecule has 10 nitrogen and oxygen atoms in total. The lowest BCUT2D eigenvalue weighted by Crippen LogP contribution is -2.43. The van der Waals surface area contributed by atoms with Crippen LogP contribution in [0.3, 0.4) is 0 Å². The smallest absolute Gasteiger partial charge is 0.252 e. The van der Waals surface area contributed by atoms with E-state index in [1.54, 1.807) is 19.1 Å². The second kappa shape index (κ2) is 11.3. The second-order valence-electron chi connectivity index (χ2n) is 11.1. The lowest BCUT2D eigenvalue weighted by Gasteiger charge is -2.29. The van der Waals surface area contributed by atoms with Crippen molar-refractivity contribution in [3.05, 3.63) is 70.0 Å². The summed E-state index contributed by atoms with van der Waals surface area (Å²) < 4.78 is 41.5. The van der Waals surface area contributed by atoms with Gasteiger partial charge < -0.3 is 25.6 Å². The summed E-state index contributed by atoms with van der Waals surface area (Å²) in [7, 11) is 1.50. The minimum atomic E-state index is -1.74. The molecule has 4 aromatic rings. The number of methoxy groups -OCH3 is 1. The van der Waals surface area contributed by atoms with Crippen LogP contribution in [0.15, 0.2) is 36.5 Å². The van der Waals surface area contributed by atoms with Crippen molar-refractivity contribution < 1.29 is 33.0 Å². The Labute approximate surface area is 256 Å². The van der Waals surface area contributed by atoms with E-state index >= 15 is 0 Å². The zero-order valence-corrected chi connectivity index (χ0v) is 24.8. The number of aromatic nitrogens is 3. The molecule has 0 aliphatic heterocycles. The van der Waals surface area contributed by atoms with Crippen molar-refractivity contribution >= 4 is 34.3 Å². The van der Waals surface area contributed by atoms with Crippen molar-refractivity contribution in [2.24, 2.45) is 11.7 Å². The summed E-state index contributed by atoms with van der Waals surface area (Å²) in [6.07, 6.45) is 5.23. The number of carbonyl (C=O) groups is 2. The lowest BCUT2D eigenvalue weighted by molar-refractivity contribution is 0.00946. The van der Waals surface area contributed by atoms with Crippen LogP contribution >= 0.6 is 11.6 Å². The van der Waals surface area contributed by atoms with Gasteiger partial charge in [-0.3, -0.25) is 14.3 Å². The number of hydrogen-bond donors (Lipinski definition) is 3. The summed E-state index contributed by atoms with van der Waals surface area (Å²) in [4.78, 5) is 30.6. The molecule has 0 radical (unpaired) electrons. The van der Waals surface area contributed by atoms with Gasteiger partial charge in [0, 0.05) is 22.7 Å². The molecule has 0 bridgehead atoms. The van der Waals surface area contributed by atoms with Gasteiger partial charge in [-0.05, 0) is 68.9 Å². The summed E-state index contributed by atoms with van der Waals surface area (Å²) in [5.41, 5.74) is 4.73. The summed E-state index contributed by atoms with van der Waals surface area (Å²) in [5, 5.41) is 19.7. The predicted molar refractivity (Wildman–Crippen MR) is 158 cm³/mol. The molecule has 2 aliphatic carbocycles. The molecule has 0 spiro atoms. The van der Waals surface area contributed by atoms with E-state index in [1.807, 2.05) is 10.9 Å². The van der Waals surface area contributed by atoms with E-state index in [1.165, 1.54) is 13.2 Å². The SMILES string of the molecule is CCOc1c(C(N)=O)cc([C@@](O)(CNC(=O)c2cc(OC)c3nn(C4CC4)cc3c2)C2CC2)nc1-c1cc(F)c(F)c(Cl)c1. The fraction of sp³-hybridized carbons (Fsp3) is 0.355. The second-order valence-corrected chi connectivity index (χ2v) is 11.5. The van der Waals surface area contributed by atoms with E-state index < -0.39 is 34.1 Å². The average Bonchev–Trinajstić information content (AvgIpc) is 3.95. The molecule has 2 saturated carbocycles. The molecular weight excluding hydrogens is 596 g/mol. The number of rotatable bonds is 11. The van der Waals surface area contributed by atoms with Gasteiger partial charge in [0.05, 0.1) is 42.6 Å².